The number of anilines is 1. The molecular weight excluding hydrogens is 432 g/mol. The van der Waals surface area contributed by atoms with Crippen molar-refractivity contribution < 1.29 is 8.42 Å². The lowest BCUT2D eigenvalue weighted by molar-refractivity contribution is 0.580. The van der Waals surface area contributed by atoms with Crippen LogP contribution in [0.15, 0.2) is 77.7 Å². The Morgan fingerprint density at radius 3 is 2.16 bits per heavy atom. The smallest absolute Gasteiger partial charge is 0.286 e. The summed E-state index contributed by atoms with van der Waals surface area (Å²) in [5.41, 5.74) is 3.61. The molecule has 158 valence electrons. The van der Waals surface area contributed by atoms with Crippen molar-refractivity contribution >= 4 is 27.6 Å². The lowest BCUT2D eigenvalue weighted by Crippen LogP contribution is -2.18. The van der Waals surface area contributed by atoms with Crippen molar-refractivity contribution in [3.8, 4) is 11.4 Å². The molecule has 1 N–H and O–H groups in total. The second kappa shape index (κ2) is 8.53. The van der Waals surface area contributed by atoms with Gasteiger partial charge in [-0.3, -0.25) is 0 Å². The van der Waals surface area contributed by atoms with Crippen molar-refractivity contribution in [1.82, 2.24) is 14.2 Å². The minimum atomic E-state index is -3.95. The van der Waals surface area contributed by atoms with E-state index in [1.165, 1.54) is 0 Å². The fourth-order valence-electron chi connectivity index (χ4n) is 3.02. The Hall–Kier alpha value is -3.16. The summed E-state index contributed by atoms with van der Waals surface area (Å²) in [5, 5.41) is 8.01. The number of hydrogen-bond donors (Lipinski definition) is 1. The number of halogens is 1. The zero-order chi connectivity index (χ0) is 22.0. The first-order valence-corrected chi connectivity index (χ1v) is 11.5. The summed E-state index contributed by atoms with van der Waals surface area (Å²) in [7, 11) is -3.95. The first-order chi connectivity index (χ1) is 14.8. The van der Waals surface area contributed by atoms with E-state index in [4.69, 9.17) is 11.6 Å². The highest BCUT2D eigenvalue weighted by atomic mass is 35.5. The molecule has 4 rings (SSSR count). The van der Waals surface area contributed by atoms with Gasteiger partial charge in [0.25, 0.3) is 10.0 Å². The minimum Gasteiger partial charge on any atom is -0.349 e. The summed E-state index contributed by atoms with van der Waals surface area (Å²) in [6.07, 6.45) is 0. The molecule has 0 radical (unpaired) electrons. The van der Waals surface area contributed by atoms with Crippen molar-refractivity contribution in [2.24, 2.45) is 0 Å². The summed E-state index contributed by atoms with van der Waals surface area (Å²) in [6, 6.07) is 21.6. The lowest BCUT2D eigenvalue weighted by Gasteiger charge is -2.10. The van der Waals surface area contributed by atoms with E-state index in [1.54, 1.807) is 30.3 Å². The molecule has 6 nitrogen and oxygen atoms in total. The van der Waals surface area contributed by atoms with Crippen LogP contribution in [-0.2, 0) is 16.6 Å². The summed E-state index contributed by atoms with van der Waals surface area (Å²) < 4.78 is 27.6. The zero-order valence-electron chi connectivity index (χ0n) is 17.1. The quantitative estimate of drug-likeness (QED) is 0.442. The third kappa shape index (κ3) is 4.47. The number of rotatable bonds is 6. The van der Waals surface area contributed by atoms with Crippen LogP contribution in [0.1, 0.15) is 16.7 Å². The minimum absolute atomic E-state index is 0.121. The third-order valence-corrected chi connectivity index (χ3v) is 6.78. The van der Waals surface area contributed by atoms with E-state index in [0.29, 0.717) is 17.4 Å². The number of benzene rings is 3. The molecule has 0 atom stereocenters. The highest BCUT2D eigenvalue weighted by molar-refractivity contribution is 7.90. The predicted molar refractivity (Wildman–Crippen MR) is 123 cm³/mol. The molecule has 31 heavy (non-hydrogen) atoms. The maximum absolute atomic E-state index is 13.3. The van der Waals surface area contributed by atoms with E-state index < -0.39 is 10.0 Å². The van der Waals surface area contributed by atoms with Crippen LogP contribution in [0, 0.1) is 13.8 Å². The van der Waals surface area contributed by atoms with Gasteiger partial charge in [-0.2, -0.15) is 13.4 Å². The second-order valence-electron chi connectivity index (χ2n) is 7.23. The van der Waals surface area contributed by atoms with Crippen LogP contribution < -0.4 is 5.32 Å². The van der Waals surface area contributed by atoms with E-state index in [-0.39, 0.29) is 10.8 Å². The molecule has 0 saturated heterocycles. The molecule has 0 aliphatic carbocycles. The molecule has 1 aromatic heterocycles. The number of nitrogens with zero attached hydrogens (tertiary/aromatic N) is 3. The van der Waals surface area contributed by atoms with Crippen LogP contribution in [0.3, 0.4) is 0 Å². The maximum Gasteiger partial charge on any atom is 0.286 e. The van der Waals surface area contributed by atoms with Gasteiger partial charge in [-0.15, -0.1) is 9.19 Å². The van der Waals surface area contributed by atoms with Crippen molar-refractivity contribution in [3.63, 3.8) is 0 Å². The van der Waals surface area contributed by atoms with Gasteiger partial charge in [-0.1, -0.05) is 77.3 Å². The molecule has 0 amide bonds. The highest BCUT2D eigenvalue weighted by Crippen LogP contribution is 2.24. The number of hydrogen-bond acceptors (Lipinski definition) is 5. The first-order valence-electron chi connectivity index (χ1n) is 9.68. The van der Waals surface area contributed by atoms with E-state index in [1.807, 2.05) is 56.3 Å². The maximum atomic E-state index is 13.3. The molecule has 3 aromatic carbocycles. The van der Waals surface area contributed by atoms with Crippen molar-refractivity contribution in [2.75, 3.05) is 5.32 Å². The summed E-state index contributed by atoms with van der Waals surface area (Å²) >= 11 is 6.25. The average Bonchev–Trinajstić information content (AvgIpc) is 3.19. The van der Waals surface area contributed by atoms with Crippen molar-refractivity contribution in [2.45, 2.75) is 25.3 Å². The molecule has 0 saturated carbocycles. The number of aryl methyl sites for hydroxylation is 2. The van der Waals surface area contributed by atoms with Crippen LogP contribution in [0.25, 0.3) is 11.4 Å². The van der Waals surface area contributed by atoms with Crippen LogP contribution in [0.5, 0.6) is 0 Å². The van der Waals surface area contributed by atoms with Crippen LogP contribution in [0.2, 0.25) is 5.02 Å². The lowest BCUT2D eigenvalue weighted by atomic mass is 10.1. The molecule has 0 unspecified atom stereocenters. The molecule has 8 heteroatoms. The Balaban J connectivity index is 1.77. The number of aromatic nitrogens is 3. The molecule has 4 aromatic rings. The Morgan fingerprint density at radius 1 is 0.903 bits per heavy atom. The number of nitrogens with one attached hydrogen (secondary N) is 1. The molecule has 0 spiro atoms. The van der Waals surface area contributed by atoms with Crippen LogP contribution >= 0.6 is 11.6 Å². The fourth-order valence-corrected chi connectivity index (χ4v) is 4.42. The largest absolute Gasteiger partial charge is 0.349 e. The van der Waals surface area contributed by atoms with E-state index in [0.717, 1.165) is 26.3 Å². The SMILES string of the molecule is Cc1ccc(-c2nc(NCc3ccccc3Cl)n(S(=O)(=O)c3ccc(C)cc3)n2)cc1. The third-order valence-electron chi connectivity index (χ3n) is 4.83. The molecule has 0 fully saturated rings. The Kier molecular flexibility index (Phi) is 5.80. The van der Waals surface area contributed by atoms with Crippen molar-refractivity contribution in [3.05, 3.63) is 94.5 Å². The van der Waals surface area contributed by atoms with E-state index >= 15 is 0 Å². The first kappa shape index (κ1) is 21.1. The van der Waals surface area contributed by atoms with Gasteiger partial charge in [0.2, 0.25) is 5.95 Å². The van der Waals surface area contributed by atoms with E-state index in [9.17, 15) is 8.42 Å². The molecule has 1 heterocycles. The summed E-state index contributed by atoms with van der Waals surface area (Å²) in [5.74, 6) is 0.438. The zero-order valence-corrected chi connectivity index (χ0v) is 18.7. The van der Waals surface area contributed by atoms with Crippen LogP contribution in [0.4, 0.5) is 5.95 Å². The summed E-state index contributed by atoms with van der Waals surface area (Å²) in [6.45, 7) is 4.18. The second-order valence-corrected chi connectivity index (χ2v) is 9.41. The van der Waals surface area contributed by atoms with Gasteiger partial charge in [-0.05, 0) is 37.6 Å². The van der Waals surface area contributed by atoms with Gasteiger partial charge in [0.05, 0.1) is 4.90 Å². The topological polar surface area (TPSA) is 76.9 Å². The Bertz CT molecular complexity index is 1310. The fraction of sp³-hybridized carbons (Fsp3) is 0.130. The van der Waals surface area contributed by atoms with Gasteiger partial charge in [0.15, 0.2) is 5.82 Å². The van der Waals surface area contributed by atoms with Gasteiger partial charge in [0.1, 0.15) is 0 Å². The van der Waals surface area contributed by atoms with Crippen LogP contribution in [-0.4, -0.2) is 22.6 Å². The monoisotopic (exact) mass is 452 g/mol. The van der Waals surface area contributed by atoms with Crippen molar-refractivity contribution in [1.29, 1.82) is 0 Å². The van der Waals surface area contributed by atoms with Gasteiger partial charge < -0.3 is 5.32 Å². The summed E-state index contributed by atoms with van der Waals surface area (Å²) in [4.78, 5) is 4.62. The standard InChI is InChI=1S/C23H21ClN4O2S/c1-16-7-11-18(12-8-16)22-26-23(25-15-19-5-3-4-6-21(19)24)28(27-22)31(29,30)20-13-9-17(2)10-14-20/h3-14H,15H2,1-2H3,(H,25,26,27). The average molecular weight is 453 g/mol. The molecule has 0 aliphatic rings. The Morgan fingerprint density at radius 2 is 1.52 bits per heavy atom. The molecular formula is C23H21ClN4O2S. The van der Waals surface area contributed by atoms with Gasteiger partial charge in [0, 0.05) is 17.1 Å². The van der Waals surface area contributed by atoms with E-state index in [2.05, 4.69) is 15.4 Å². The Labute approximate surface area is 186 Å². The molecule has 0 aliphatic heterocycles. The van der Waals surface area contributed by atoms with Gasteiger partial charge >= 0.3 is 0 Å². The normalized spacial score (nSPS) is 11.5. The molecule has 0 bridgehead atoms. The highest BCUT2D eigenvalue weighted by Gasteiger charge is 2.24. The van der Waals surface area contributed by atoms with Gasteiger partial charge in [-0.25, -0.2) is 0 Å². The predicted octanol–water partition coefficient (Wildman–Crippen LogP) is 5.06.